The van der Waals surface area contributed by atoms with E-state index < -0.39 is 0 Å². The first-order valence-corrected chi connectivity index (χ1v) is 11.8. The second kappa shape index (κ2) is 10.9. The van der Waals surface area contributed by atoms with E-state index in [9.17, 15) is 9.59 Å². The van der Waals surface area contributed by atoms with Gasteiger partial charge in [-0.05, 0) is 72.1 Å². The third kappa shape index (κ3) is 5.74. The van der Waals surface area contributed by atoms with Crippen LogP contribution >= 0.6 is 11.8 Å². The summed E-state index contributed by atoms with van der Waals surface area (Å²) in [7, 11) is 1.62. The van der Waals surface area contributed by atoms with Crippen LogP contribution in [-0.2, 0) is 13.0 Å². The van der Waals surface area contributed by atoms with E-state index in [1.54, 1.807) is 37.4 Å². The second-order valence-corrected chi connectivity index (χ2v) is 8.69. The molecule has 34 heavy (non-hydrogen) atoms. The lowest BCUT2D eigenvalue weighted by molar-refractivity contribution is 0.0951. The third-order valence-corrected chi connectivity index (χ3v) is 6.25. The van der Waals surface area contributed by atoms with Crippen LogP contribution in [0.25, 0.3) is 5.69 Å². The van der Waals surface area contributed by atoms with Gasteiger partial charge in [0.1, 0.15) is 10.8 Å². The highest BCUT2D eigenvalue weighted by Gasteiger charge is 2.09. The van der Waals surface area contributed by atoms with Gasteiger partial charge < -0.3 is 10.1 Å². The summed E-state index contributed by atoms with van der Waals surface area (Å²) in [5.41, 5.74) is 3.18. The number of rotatable bonds is 8. The molecule has 0 saturated heterocycles. The molecule has 0 fully saturated rings. The lowest BCUT2D eigenvalue weighted by Gasteiger charge is -2.09. The fourth-order valence-electron chi connectivity index (χ4n) is 3.33. The molecule has 172 valence electrons. The number of ether oxygens (including phenoxy) is 1. The number of carbonyl (C=O) groups excluding carboxylic acids is 1. The molecule has 4 rings (SSSR count). The maximum Gasteiger partial charge on any atom is 0.271 e. The Hall–Kier alpha value is -3.84. The maximum atomic E-state index is 12.6. The van der Waals surface area contributed by atoms with Gasteiger partial charge >= 0.3 is 0 Å². The summed E-state index contributed by atoms with van der Waals surface area (Å²) >= 11 is 1.45. The average molecular weight is 472 g/mol. The van der Waals surface area contributed by atoms with Crippen LogP contribution in [0.15, 0.2) is 99.6 Å². The van der Waals surface area contributed by atoms with Gasteiger partial charge in [-0.15, -0.1) is 0 Å². The van der Waals surface area contributed by atoms with E-state index >= 15 is 0 Å². The van der Waals surface area contributed by atoms with E-state index in [2.05, 4.69) is 29.5 Å². The van der Waals surface area contributed by atoms with Crippen molar-refractivity contribution in [1.82, 2.24) is 15.1 Å². The molecule has 3 aromatic carbocycles. The van der Waals surface area contributed by atoms with Gasteiger partial charge in [0.25, 0.3) is 11.5 Å². The van der Waals surface area contributed by atoms with E-state index in [1.165, 1.54) is 28.1 Å². The molecule has 0 saturated carbocycles. The van der Waals surface area contributed by atoms with Crippen LogP contribution in [0, 0.1) is 0 Å². The van der Waals surface area contributed by atoms with Crippen LogP contribution in [0.5, 0.6) is 5.75 Å². The number of carbonyl (C=O) groups is 1. The number of aryl methyl sites for hydroxylation is 1. The van der Waals surface area contributed by atoms with Gasteiger partial charge in [-0.2, -0.15) is 9.78 Å². The Balaban J connectivity index is 1.44. The molecule has 0 spiro atoms. The van der Waals surface area contributed by atoms with Crippen molar-refractivity contribution in [1.29, 1.82) is 0 Å². The molecule has 0 unspecified atom stereocenters. The Kier molecular flexibility index (Phi) is 7.44. The van der Waals surface area contributed by atoms with Crippen molar-refractivity contribution in [3.63, 3.8) is 0 Å². The minimum atomic E-state index is -0.244. The zero-order valence-corrected chi connectivity index (χ0v) is 19.8. The van der Waals surface area contributed by atoms with Gasteiger partial charge in [0, 0.05) is 23.1 Å². The molecule has 0 aliphatic heterocycles. The Labute approximate surface area is 202 Å². The first-order chi connectivity index (χ1) is 16.6. The summed E-state index contributed by atoms with van der Waals surface area (Å²) < 4.78 is 6.52. The summed E-state index contributed by atoms with van der Waals surface area (Å²) in [5, 5.41) is 8.09. The normalized spacial score (nSPS) is 10.6. The van der Waals surface area contributed by atoms with Crippen LogP contribution in [0.3, 0.4) is 0 Å². The molecule has 0 atom stereocenters. The van der Waals surface area contributed by atoms with Crippen molar-refractivity contribution in [2.24, 2.45) is 0 Å². The lowest BCUT2D eigenvalue weighted by atomic mass is 10.1. The molecule has 1 amide bonds. The van der Waals surface area contributed by atoms with Crippen molar-refractivity contribution in [2.75, 3.05) is 7.11 Å². The third-order valence-electron chi connectivity index (χ3n) is 5.32. The standard InChI is InChI=1S/C27H25N3O3S/c1-3-19-4-6-20(7-5-19)18-28-27(32)21-8-10-22(11-9-21)30-26(31)17-16-25(29-30)34-24-14-12-23(33-2)13-15-24/h4-17H,3,18H2,1-2H3,(H,28,32). The van der Waals surface area contributed by atoms with Crippen LogP contribution in [0.1, 0.15) is 28.4 Å². The predicted molar refractivity (Wildman–Crippen MR) is 134 cm³/mol. The Morgan fingerprint density at radius 3 is 2.24 bits per heavy atom. The van der Waals surface area contributed by atoms with Crippen LogP contribution in [-0.4, -0.2) is 22.8 Å². The van der Waals surface area contributed by atoms with E-state index in [0.717, 1.165) is 22.6 Å². The zero-order valence-electron chi connectivity index (χ0n) is 19.0. The molecule has 0 aliphatic carbocycles. The molecule has 0 aliphatic rings. The molecule has 0 bridgehead atoms. The average Bonchev–Trinajstić information content (AvgIpc) is 2.89. The van der Waals surface area contributed by atoms with Gasteiger partial charge in [-0.25, -0.2) is 0 Å². The largest absolute Gasteiger partial charge is 0.497 e. The minimum Gasteiger partial charge on any atom is -0.497 e. The number of nitrogens with zero attached hydrogens (tertiary/aromatic N) is 2. The number of amides is 1. The number of methoxy groups -OCH3 is 1. The van der Waals surface area contributed by atoms with Crippen molar-refractivity contribution in [3.8, 4) is 11.4 Å². The molecular weight excluding hydrogens is 446 g/mol. The highest BCUT2D eigenvalue weighted by Crippen LogP contribution is 2.27. The van der Waals surface area contributed by atoms with Gasteiger partial charge in [-0.3, -0.25) is 9.59 Å². The fourth-order valence-corrected chi connectivity index (χ4v) is 4.10. The summed E-state index contributed by atoms with van der Waals surface area (Å²) in [6, 6.07) is 25.8. The number of aromatic nitrogens is 2. The van der Waals surface area contributed by atoms with Crippen molar-refractivity contribution in [3.05, 3.63) is 112 Å². The van der Waals surface area contributed by atoms with E-state index in [0.29, 0.717) is 22.8 Å². The summed E-state index contributed by atoms with van der Waals surface area (Å²) in [6.07, 6.45) is 0.986. The van der Waals surface area contributed by atoms with Crippen LogP contribution < -0.4 is 15.6 Å². The first-order valence-electron chi connectivity index (χ1n) is 10.9. The highest BCUT2D eigenvalue weighted by molar-refractivity contribution is 7.99. The summed E-state index contributed by atoms with van der Waals surface area (Å²) in [5.74, 6) is 0.607. The lowest BCUT2D eigenvalue weighted by Crippen LogP contribution is -2.23. The van der Waals surface area contributed by atoms with Crippen molar-refractivity contribution >= 4 is 17.7 Å². The molecule has 4 aromatic rings. The first kappa shape index (κ1) is 23.3. The maximum absolute atomic E-state index is 12.6. The Morgan fingerprint density at radius 2 is 1.59 bits per heavy atom. The molecule has 6 nitrogen and oxygen atoms in total. The van der Waals surface area contributed by atoms with Gasteiger partial charge in [0.15, 0.2) is 0 Å². The van der Waals surface area contributed by atoms with Gasteiger partial charge in [0.2, 0.25) is 0 Å². The summed E-state index contributed by atoms with van der Waals surface area (Å²) in [4.78, 5) is 26.0. The molecule has 0 radical (unpaired) electrons. The quantitative estimate of drug-likeness (QED) is 0.396. The van der Waals surface area contributed by atoms with Crippen LogP contribution in [0.2, 0.25) is 0 Å². The number of hydrogen-bond donors (Lipinski definition) is 1. The Morgan fingerprint density at radius 1 is 0.912 bits per heavy atom. The van der Waals surface area contributed by atoms with Crippen LogP contribution in [0.4, 0.5) is 0 Å². The van der Waals surface area contributed by atoms with Crippen molar-refractivity contribution in [2.45, 2.75) is 29.8 Å². The predicted octanol–water partition coefficient (Wildman–Crippen LogP) is 4.88. The Bertz CT molecular complexity index is 1320. The van der Waals surface area contributed by atoms with E-state index in [4.69, 9.17) is 4.74 Å². The van der Waals surface area contributed by atoms with E-state index in [-0.39, 0.29) is 11.5 Å². The second-order valence-electron chi connectivity index (χ2n) is 7.60. The van der Waals surface area contributed by atoms with Gasteiger partial charge in [-0.1, -0.05) is 43.0 Å². The van der Waals surface area contributed by atoms with Crippen molar-refractivity contribution < 1.29 is 9.53 Å². The highest BCUT2D eigenvalue weighted by atomic mass is 32.2. The molecular formula is C27H25N3O3S. The minimum absolute atomic E-state index is 0.171. The summed E-state index contributed by atoms with van der Waals surface area (Å²) in [6.45, 7) is 2.57. The molecule has 7 heteroatoms. The SMILES string of the molecule is CCc1ccc(CNC(=O)c2ccc(-n3nc(Sc4ccc(OC)cc4)ccc3=O)cc2)cc1. The number of benzene rings is 3. The zero-order chi connectivity index (χ0) is 23.9. The molecule has 1 heterocycles. The topological polar surface area (TPSA) is 73.2 Å². The fraction of sp³-hybridized carbons (Fsp3) is 0.148. The molecule has 1 N–H and O–H groups in total. The van der Waals surface area contributed by atoms with Gasteiger partial charge in [0.05, 0.1) is 12.8 Å². The number of nitrogens with one attached hydrogen (secondary N) is 1. The smallest absolute Gasteiger partial charge is 0.271 e. The van der Waals surface area contributed by atoms with E-state index in [1.807, 2.05) is 36.4 Å². The monoisotopic (exact) mass is 471 g/mol. The number of hydrogen-bond acceptors (Lipinski definition) is 5. The molecule has 1 aromatic heterocycles.